The van der Waals surface area contributed by atoms with Gasteiger partial charge in [0.15, 0.2) is 6.29 Å². The number of hydrogen-bond donors (Lipinski definition) is 0. The van der Waals surface area contributed by atoms with Crippen molar-refractivity contribution in [1.82, 2.24) is 0 Å². The van der Waals surface area contributed by atoms with Crippen LogP contribution in [0.4, 0.5) is 4.39 Å². The summed E-state index contributed by atoms with van der Waals surface area (Å²) in [5.41, 5.74) is 0.264. The molecule has 0 fully saturated rings. The van der Waals surface area contributed by atoms with Crippen LogP contribution >= 0.6 is 22.6 Å². The van der Waals surface area contributed by atoms with E-state index in [1.807, 2.05) is 36.4 Å². The Morgan fingerprint density at radius 3 is 2.73 bits per heavy atom. The summed E-state index contributed by atoms with van der Waals surface area (Å²) >= 11 is 1.96. The Morgan fingerprint density at radius 2 is 2.20 bits per heavy atom. The van der Waals surface area contributed by atoms with E-state index in [4.69, 9.17) is 4.74 Å². The van der Waals surface area contributed by atoms with Gasteiger partial charge in [-0.05, 0) is 40.6 Å². The van der Waals surface area contributed by atoms with E-state index in [0.717, 1.165) is 0 Å². The number of rotatable bonds is 4. The predicted octanol–water partition coefficient (Wildman–Crippen LogP) is 3.28. The van der Waals surface area contributed by atoms with Crippen LogP contribution in [0.25, 0.3) is 0 Å². The van der Waals surface area contributed by atoms with Gasteiger partial charge in [0.1, 0.15) is 11.6 Å². The SMILES string of the molecule is CC(C)COc1c(I)cc(F)cc1C=O. The topological polar surface area (TPSA) is 26.3 Å². The van der Waals surface area contributed by atoms with Gasteiger partial charge in [-0.15, -0.1) is 0 Å². The molecule has 0 radical (unpaired) electrons. The molecule has 0 heterocycles. The first-order chi connectivity index (χ1) is 7.04. The number of carbonyl (C=O) groups excluding carboxylic acids is 1. The standard InChI is InChI=1S/C11H12FIO2/c1-7(2)6-15-11-8(5-14)3-9(12)4-10(11)13/h3-5,7H,6H2,1-2H3. The van der Waals surface area contributed by atoms with Gasteiger partial charge in [-0.1, -0.05) is 13.8 Å². The molecule has 0 aliphatic rings. The average molecular weight is 322 g/mol. The fourth-order valence-corrected chi connectivity index (χ4v) is 1.83. The Bertz CT molecular complexity index is 364. The van der Waals surface area contributed by atoms with Gasteiger partial charge in [-0.2, -0.15) is 0 Å². The third-order valence-corrected chi connectivity index (χ3v) is 2.53. The second-order valence-corrected chi connectivity index (χ2v) is 4.79. The quantitative estimate of drug-likeness (QED) is 0.628. The molecule has 2 nitrogen and oxygen atoms in total. The Balaban J connectivity index is 2.99. The first-order valence-corrected chi connectivity index (χ1v) is 5.69. The Morgan fingerprint density at radius 1 is 1.53 bits per heavy atom. The lowest BCUT2D eigenvalue weighted by atomic mass is 10.2. The summed E-state index contributed by atoms with van der Waals surface area (Å²) in [5, 5.41) is 0. The molecule has 15 heavy (non-hydrogen) atoms. The summed E-state index contributed by atoms with van der Waals surface area (Å²) in [6, 6.07) is 2.54. The Hall–Kier alpha value is -0.650. The van der Waals surface area contributed by atoms with Crippen molar-refractivity contribution in [3.63, 3.8) is 0 Å². The molecule has 0 bridgehead atoms. The maximum Gasteiger partial charge on any atom is 0.153 e. The molecule has 0 saturated carbocycles. The minimum atomic E-state index is -0.418. The molecule has 0 aromatic heterocycles. The van der Waals surface area contributed by atoms with Crippen molar-refractivity contribution in [1.29, 1.82) is 0 Å². The molecule has 0 N–H and O–H groups in total. The van der Waals surface area contributed by atoms with E-state index in [1.54, 1.807) is 0 Å². The van der Waals surface area contributed by atoms with Crippen molar-refractivity contribution < 1.29 is 13.9 Å². The summed E-state index contributed by atoms with van der Waals surface area (Å²) < 4.78 is 19.1. The maximum absolute atomic E-state index is 13.0. The zero-order valence-corrected chi connectivity index (χ0v) is 10.7. The lowest BCUT2D eigenvalue weighted by Crippen LogP contribution is -2.07. The van der Waals surface area contributed by atoms with Crippen LogP contribution in [0.5, 0.6) is 5.75 Å². The van der Waals surface area contributed by atoms with Crippen LogP contribution in [0.1, 0.15) is 24.2 Å². The summed E-state index contributed by atoms with van der Waals surface area (Å²) in [6.07, 6.45) is 0.612. The molecule has 0 unspecified atom stereocenters. The van der Waals surface area contributed by atoms with Gasteiger partial charge in [0.2, 0.25) is 0 Å². The van der Waals surface area contributed by atoms with Gasteiger partial charge in [0.05, 0.1) is 15.7 Å². The molecule has 0 atom stereocenters. The molecule has 0 spiro atoms. The van der Waals surface area contributed by atoms with Gasteiger partial charge < -0.3 is 4.74 Å². The van der Waals surface area contributed by atoms with Crippen LogP contribution in [0.3, 0.4) is 0 Å². The molecule has 1 rings (SSSR count). The van der Waals surface area contributed by atoms with E-state index in [0.29, 0.717) is 28.1 Å². The van der Waals surface area contributed by atoms with Crippen molar-refractivity contribution in [2.45, 2.75) is 13.8 Å². The fourth-order valence-electron chi connectivity index (χ4n) is 1.07. The van der Waals surface area contributed by atoms with E-state index in [-0.39, 0.29) is 5.56 Å². The largest absolute Gasteiger partial charge is 0.491 e. The number of benzene rings is 1. The molecule has 1 aromatic carbocycles. The number of hydrogen-bond acceptors (Lipinski definition) is 2. The predicted molar refractivity (Wildman–Crippen MR) is 64.8 cm³/mol. The molecule has 1 aromatic rings. The van der Waals surface area contributed by atoms with Crippen LogP contribution in [0.2, 0.25) is 0 Å². The van der Waals surface area contributed by atoms with Gasteiger partial charge in [0.25, 0.3) is 0 Å². The molecular weight excluding hydrogens is 310 g/mol. The van der Waals surface area contributed by atoms with Crippen LogP contribution in [0.15, 0.2) is 12.1 Å². The van der Waals surface area contributed by atoms with E-state index in [9.17, 15) is 9.18 Å². The fraction of sp³-hybridized carbons (Fsp3) is 0.364. The van der Waals surface area contributed by atoms with Crippen molar-refractivity contribution in [3.8, 4) is 5.75 Å². The smallest absolute Gasteiger partial charge is 0.153 e. The summed E-state index contributed by atoms with van der Waals surface area (Å²) in [5.74, 6) is 0.421. The first kappa shape index (κ1) is 12.4. The van der Waals surface area contributed by atoms with Crippen LogP contribution in [-0.4, -0.2) is 12.9 Å². The second-order valence-electron chi connectivity index (χ2n) is 3.63. The third-order valence-electron chi connectivity index (χ3n) is 1.73. The lowest BCUT2D eigenvalue weighted by Gasteiger charge is -2.12. The second kappa shape index (κ2) is 5.44. The van der Waals surface area contributed by atoms with Crippen molar-refractivity contribution in [3.05, 3.63) is 27.1 Å². The van der Waals surface area contributed by atoms with Gasteiger partial charge in [0, 0.05) is 0 Å². The van der Waals surface area contributed by atoms with E-state index in [1.165, 1.54) is 12.1 Å². The van der Waals surface area contributed by atoms with E-state index in [2.05, 4.69) is 0 Å². The molecule has 0 aliphatic heterocycles. The van der Waals surface area contributed by atoms with E-state index < -0.39 is 5.82 Å². The normalized spacial score (nSPS) is 10.5. The van der Waals surface area contributed by atoms with E-state index >= 15 is 0 Å². The highest BCUT2D eigenvalue weighted by atomic mass is 127. The zero-order chi connectivity index (χ0) is 11.4. The van der Waals surface area contributed by atoms with Crippen LogP contribution in [0, 0.1) is 15.3 Å². The zero-order valence-electron chi connectivity index (χ0n) is 8.59. The molecular formula is C11H12FIO2. The number of carbonyl (C=O) groups is 1. The highest BCUT2D eigenvalue weighted by Crippen LogP contribution is 2.26. The Labute approximate surface area is 102 Å². The summed E-state index contributed by atoms with van der Waals surface area (Å²) in [7, 11) is 0. The molecule has 82 valence electrons. The highest BCUT2D eigenvalue weighted by Gasteiger charge is 2.10. The van der Waals surface area contributed by atoms with Crippen LogP contribution < -0.4 is 4.74 Å². The van der Waals surface area contributed by atoms with Crippen molar-refractivity contribution >= 4 is 28.9 Å². The van der Waals surface area contributed by atoms with Gasteiger partial charge in [-0.3, -0.25) is 4.79 Å². The maximum atomic E-state index is 13.0. The molecule has 4 heteroatoms. The van der Waals surface area contributed by atoms with Gasteiger partial charge in [-0.25, -0.2) is 4.39 Å². The Kier molecular flexibility index (Phi) is 4.50. The van der Waals surface area contributed by atoms with Gasteiger partial charge >= 0.3 is 0 Å². The monoisotopic (exact) mass is 322 g/mol. The first-order valence-electron chi connectivity index (χ1n) is 4.61. The number of ether oxygens (including phenoxy) is 1. The minimum absolute atomic E-state index is 0.264. The number of halogens is 2. The summed E-state index contributed by atoms with van der Waals surface area (Å²) in [4.78, 5) is 10.7. The molecule has 0 saturated heterocycles. The van der Waals surface area contributed by atoms with Crippen LogP contribution in [-0.2, 0) is 0 Å². The van der Waals surface area contributed by atoms with Crippen molar-refractivity contribution in [2.75, 3.05) is 6.61 Å². The molecule has 0 amide bonds. The number of aldehydes is 1. The third kappa shape index (κ3) is 3.44. The molecule has 0 aliphatic carbocycles. The lowest BCUT2D eigenvalue weighted by molar-refractivity contribution is 0.111. The average Bonchev–Trinajstić information content (AvgIpc) is 2.14. The summed E-state index contributed by atoms with van der Waals surface area (Å²) in [6.45, 7) is 4.54. The van der Waals surface area contributed by atoms with Crippen molar-refractivity contribution in [2.24, 2.45) is 5.92 Å². The minimum Gasteiger partial charge on any atom is -0.491 e. The highest BCUT2D eigenvalue weighted by molar-refractivity contribution is 14.1.